The van der Waals surface area contributed by atoms with E-state index >= 15 is 0 Å². The Morgan fingerprint density at radius 1 is 1.30 bits per heavy atom. The predicted molar refractivity (Wildman–Crippen MR) is 88.3 cm³/mol. The minimum absolute atomic E-state index is 0.0320. The highest BCUT2D eigenvalue weighted by molar-refractivity contribution is 5.91. The van der Waals surface area contributed by atoms with Crippen molar-refractivity contribution in [3.05, 3.63) is 24.0 Å². The molecule has 0 aliphatic carbocycles. The van der Waals surface area contributed by atoms with Crippen molar-refractivity contribution < 1.29 is 13.9 Å². The van der Waals surface area contributed by atoms with Gasteiger partial charge in [0.05, 0.1) is 18.9 Å². The third-order valence-corrected chi connectivity index (χ3v) is 4.52. The van der Waals surface area contributed by atoms with E-state index < -0.39 is 0 Å². The summed E-state index contributed by atoms with van der Waals surface area (Å²) in [6.45, 7) is 4.57. The zero-order valence-electron chi connectivity index (χ0n) is 13.3. The van der Waals surface area contributed by atoms with Gasteiger partial charge in [-0.3, -0.25) is 4.79 Å². The van der Waals surface area contributed by atoms with Crippen LogP contribution in [0.4, 0.5) is 15.8 Å². The molecule has 0 saturated carbocycles. The van der Waals surface area contributed by atoms with Crippen molar-refractivity contribution in [2.45, 2.75) is 19.3 Å². The molecule has 0 atom stereocenters. The smallest absolute Gasteiger partial charge is 0.224 e. The monoisotopic (exact) mass is 321 g/mol. The maximum Gasteiger partial charge on any atom is 0.224 e. The fourth-order valence-electron chi connectivity index (χ4n) is 3.21. The molecular formula is C17H24FN3O2. The lowest BCUT2D eigenvalue weighted by atomic mass is 9.94. The van der Waals surface area contributed by atoms with Crippen molar-refractivity contribution in [2.75, 3.05) is 49.6 Å². The molecule has 126 valence electrons. The molecule has 2 heterocycles. The van der Waals surface area contributed by atoms with Gasteiger partial charge in [-0.25, -0.2) is 4.39 Å². The van der Waals surface area contributed by atoms with Crippen LogP contribution in [0.25, 0.3) is 0 Å². The molecule has 0 spiro atoms. The molecule has 0 radical (unpaired) electrons. The Labute approximate surface area is 136 Å². The van der Waals surface area contributed by atoms with Gasteiger partial charge in [0.15, 0.2) is 0 Å². The zero-order chi connectivity index (χ0) is 16.1. The summed E-state index contributed by atoms with van der Waals surface area (Å²) in [6.07, 6.45) is 2.56. The van der Waals surface area contributed by atoms with Crippen LogP contribution in [0.15, 0.2) is 18.2 Å². The molecule has 2 N–H and O–H groups in total. The maximum atomic E-state index is 14.3. The number of ether oxygens (including phenoxy) is 1. The van der Waals surface area contributed by atoms with Crippen molar-refractivity contribution in [3.63, 3.8) is 0 Å². The van der Waals surface area contributed by atoms with E-state index in [1.807, 2.05) is 4.90 Å². The van der Waals surface area contributed by atoms with Crippen molar-refractivity contribution in [3.8, 4) is 0 Å². The van der Waals surface area contributed by atoms with Gasteiger partial charge in [-0.2, -0.15) is 0 Å². The molecule has 23 heavy (non-hydrogen) atoms. The number of morpholine rings is 1. The summed E-state index contributed by atoms with van der Waals surface area (Å²) in [7, 11) is 0. The van der Waals surface area contributed by atoms with Crippen molar-refractivity contribution in [1.29, 1.82) is 0 Å². The first kappa shape index (κ1) is 16.2. The summed E-state index contributed by atoms with van der Waals surface area (Å²) in [4.78, 5) is 14.1. The summed E-state index contributed by atoms with van der Waals surface area (Å²) in [5.41, 5.74) is 1.10. The van der Waals surface area contributed by atoms with Gasteiger partial charge in [-0.15, -0.1) is 0 Å². The molecule has 1 aromatic carbocycles. The molecule has 3 rings (SSSR count). The van der Waals surface area contributed by atoms with Crippen LogP contribution in [0.5, 0.6) is 0 Å². The van der Waals surface area contributed by atoms with Gasteiger partial charge < -0.3 is 20.3 Å². The molecule has 0 aromatic heterocycles. The summed E-state index contributed by atoms with van der Waals surface area (Å²) < 4.78 is 19.6. The largest absolute Gasteiger partial charge is 0.378 e. The number of piperidine rings is 1. The van der Waals surface area contributed by atoms with Gasteiger partial charge in [0.1, 0.15) is 5.82 Å². The van der Waals surface area contributed by atoms with E-state index in [9.17, 15) is 9.18 Å². The van der Waals surface area contributed by atoms with Gasteiger partial charge in [-0.1, -0.05) is 0 Å². The Morgan fingerprint density at radius 3 is 2.74 bits per heavy atom. The fraction of sp³-hybridized carbons (Fsp3) is 0.588. The second-order valence-corrected chi connectivity index (χ2v) is 6.21. The van der Waals surface area contributed by atoms with Crippen LogP contribution in [0, 0.1) is 11.7 Å². The van der Waals surface area contributed by atoms with Crippen molar-refractivity contribution in [1.82, 2.24) is 5.32 Å². The van der Waals surface area contributed by atoms with Crippen LogP contribution in [-0.2, 0) is 9.53 Å². The predicted octanol–water partition coefficient (Wildman–Crippen LogP) is 1.99. The number of nitrogens with zero attached hydrogens (tertiary/aromatic N) is 1. The van der Waals surface area contributed by atoms with E-state index in [0.29, 0.717) is 50.0 Å². The van der Waals surface area contributed by atoms with Gasteiger partial charge in [-0.05, 0) is 50.0 Å². The minimum atomic E-state index is -0.299. The van der Waals surface area contributed by atoms with Gasteiger partial charge in [0, 0.05) is 25.2 Å². The van der Waals surface area contributed by atoms with Crippen LogP contribution in [0.2, 0.25) is 0 Å². The minimum Gasteiger partial charge on any atom is -0.378 e. The average Bonchev–Trinajstić information content (AvgIpc) is 2.56. The summed E-state index contributed by atoms with van der Waals surface area (Å²) in [5.74, 6) is 0.0932. The highest BCUT2D eigenvalue weighted by Gasteiger charge is 2.18. The molecule has 2 fully saturated rings. The topological polar surface area (TPSA) is 53.6 Å². The van der Waals surface area contributed by atoms with Crippen molar-refractivity contribution in [2.24, 2.45) is 5.92 Å². The Bertz CT molecular complexity index is 541. The third kappa shape index (κ3) is 4.42. The van der Waals surface area contributed by atoms with Crippen molar-refractivity contribution >= 4 is 17.3 Å². The first-order chi connectivity index (χ1) is 11.2. The molecule has 0 bridgehead atoms. The molecule has 1 amide bonds. The quantitative estimate of drug-likeness (QED) is 0.890. The standard InChI is InChI=1S/C17H24FN3O2/c18-15-12-14(1-2-16(15)21-7-9-23-10-8-21)20-17(22)11-13-3-5-19-6-4-13/h1-2,12-13,19H,3-11H2,(H,20,22). The van der Waals surface area contributed by atoms with Crippen LogP contribution in [0.3, 0.4) is 0 Å². The van der Waals surface area contributed by atoms with E-state index in [1.54, 1.807) is 12.1 Å². The van der Waals surface area contributed by atoms with Gasteiger partial charge in [0.25, 0.3) is 0 Å². The van der Waals surface area contributed by atoms with E-state index in [4.69, 9.17) is 4.74 Å². The Hall–Kier alpha value is -1.66. The van der Waals surface area contributed by atoms with Crippen LogP contribution in [0.1, 0.15) is 19.3 Å². The molecule has 0 unspecified atom stereocenters. The number of nitrogens with one attached hydrogen (secondary N) is 2. The van der Waals surface area contributed by atoms with Crippen LogP contribution >= 0.6 is 0 Å². The second-order valence-electron chi connectivity index (χ2n) is 6.21. The number of hydrogen-bond donors (Lipinski definition) is 2. The molecule has 5 nitrogen and oxygen atoms in total. The normalized spacial score (nSPS) is 19.6. The number of amides is 1. The number of benzene rings is 1. The van der Waals surface area contributed by atoms with E-state index in [2.05, 4.69) is 10.6 Å². The number of hydrogen-bond acceptors (Lipinski definition) is 4. The lowest BCUT2D eigenvalue weighted by Crippen LogP contribution is -2.36. The highest BCUT2D eigenvalue weighted by atomic mass is 19.1. The number of carbonyl (C=O) groups excluding carboxylic acids is 1. The van der Waals surface area contributed by atoms with E-state index in [-0.39, 0.29) is 11.7 Å². The molecule has 2 saturated heterocycles. The maximum absolute atomic E-state index is 14.3. The number of halogens is 1. The number of carbonyl (C=O) groups is 1. The molecule has 6 heteroatoms. The Morgan fingerprint density at radius 2 is 2.04 bits per heavy atom. The first-order valence-electron chi connectivity index (χ1n) is 8.35. The summed E-state index contributed by atoms with van der Waals surface area (Å²) in [5, 5.41) is 6.11. The van der Waals surface area contributed by atoms with E-state index in [0.717, 1.165) is 25.9 Å². The average molecular weight is 321 g/mol. The lowest BCUT2D eigenvalue weighted by Gasteiger charge is -2.29. The molecule has 2 aliphatic heterocycles. The zero-order valence-corrected chi connectivity index (χ0v) is 13.3. The SMILES string of the molecule is O=C(CC1CCNCC1)Nc1ccc(N2CCOCC2)c(F)c1. The molecule has 2 aliphatic rings. The van der Waals surface area contributed by atoms with Crippen LogP contribution < -0.4 is 15.5 Å². The molecule has 1 aromatic rings. The first-order valence-corrected chi connectivity index (χ1v) is 8.35. The number of rotatable bonds is 4. The van der Waals surface area contributed by atoms with Gasteiger partial charge in [0.2, 0.25) is 5.91 Å². The molecular weight excluding hydrogens is 297 g/mol. The van der Waals surface area contributed by atoms with Crippen LogP contribution in [-0.4, -0.2) is 45.3 Å². The van der Waals surface area contributed by atoms with E-state index in [1.165, 1.54) is 6.07 Å². The summed E-state index contributed by atoms with van der Waals surface area (Å²) in [6, 6.07) is 4.92. The summed E-state index contributed by atoms with van der Waals surface area (Å²) >= 11 is 0. The highest BCUT2D eigenvalue weighted by Crippen LogP contribution is 2.24. The number of anilines is 2. The second kappa shape index (κ2) is 7.75. The Kier molecular flexibility index (Phi) is 5.46. The Balaban J connectivity index is 1.57. The third-order valence-electron chi connectivity index (χ3n) is 4.52. The van der Waals surface area contributed by atoms with Gasteiger partial charge >= 0.3 is 0 Å². The lowest BCUT2D eigenvalue weighted by molar-refractivity contribution is -0.117. The fourth-order valence-corrected chi connectivity index (χ4v) is 3.21.